The number of ketones is 1. The lowest BCUT2D eigenvalue weighted by Gasteiger charge is -1.96. The van der Waals surface area contributed by atoms with E-state index >= 15 is 0 Å². The lowest BCUT2D eigenvalue weighted by atomic mass is 10.1. The van der Waals surface area contributed by atoms with E-state index in [1.807, 2.05) is 13.8 Å². The molecule has 1 aromatic rings. The van der Waals surface area contributed by atoms with Crippen LogP contribution >= 0.6 is 0 Å². The maximum absolute atomic E-state index is 12.6. The highest BCUT2D eigenvalue weighted by atomic mass is 19.1. The van der Waals surface area contributed by atoms with Gasteiger partial charge in [0, 0.05) is 0 Å². The second kappa shape index (κ2) is 5.41. The van der Waals surface area contributed by atoms with Crippen LogP contribution in [0.2, 0.25) is 0 Å². The van der Waals surface area contributed by atoms with Gasteiger partial charge >= 0.3 is 0 Å². The minimum atomic E-state index is -0.682. The summed E-state index contributed by atoms with van der Waals surface area (Å²) in [4.78, 5) is 10.6. The van der Waals surface area contributed by atoms with Gasteiger partial charge in [-0.25, -0.2) is 8.78 Å². The molecule has 0 radical (unpaired) electrons. The number of Topliss-reactive ketones (excluding diaryl/α,β-unsaturated/α-hetero) is 1. The van der Waals surface area contributed by atoms with E-state index in [-0.39, 0.29) is 5.56 Å². The van der Waals surface area contributed by atoms with Gasteiger partial charge in [-0.3, -0.25) is 4.79 Å². The minimum Gasteiger partial charge on any atom is -0.294 e. The van der Waals surface area contributed by atoms with Crippen LogP contribution in [0.3, 0.4) is 0 Å². The van der Waals surface area contributed by atoms with E-state index < -0.39 is 17.4 Å². The number of hydrogen-bond donors (Lipinski definition) is 0. The number of benzene rings is 1. The molecule has 0 bridgehead atoms. The van der Waals surface area contributed by atoms with Crippen molar-refractivity contribution in [2.45, 2.75) is 20.8 Å². The molecule has 1 aromatic carbocycles. The summed E-state index contributed by atoms with van der Waals surface area (Å²) in [7, 11) is 0. The highest BCUT2D eigenvalue weighted by Crippen LogP contribution is 2.09. The van der Waals surface area contributed by atoms with Gasteiger partial charge in [-0.2, -0.15) is 0 Å². The number of carbonyl (C=O) groups excluding carboxylic acids is 1. The zero-order valence-corrected chi connectivity index (χ0v) is 7.90. The summed E-state index contributed by atoms with van der Waals surface area (Å²) in [5, 5.41) is 0. The van der Waals surface area contributed by atoms with Gasteiger partial charge in [0.05, 0.1) is 5.56 Å². The Morgan fingerprint density at radius 3 is 2.15 bits per heavy atom. The summed E-state index contributed by atoms with van der Waals surface area (Å²) in [5.41, 5.74) is -0.204. The molecular formula is C10H12F2O. The molecule has 0 spiro atoms. The van der Waals surface area contributed by atoms with Crippen molar-refractivity contribution in [3.05, 3.63) is 35.4 Å². The summed E-state index contributed by atoms with van der Waals surface area (Å²) in [6.45, 7) is 5.19. The molecule has 0 aliphatic rings. The maximum atomic E-state index is 12.6. The van der Waals surface area contributed by atoms with Crippen molar-refractivity contribution in [1.29, 1.82) is 0 Å². The molecule has 1 nitrogen and oxygen atoms in total. The van der Waals surface area contributed by atoms with E-state index in [4.69, 9.17) is 0 Å². The predicted molar refractivity (Wildman–Crippen MR) is 47.7 cm³/mol. The van der Waals surface area contributed by atoms with Gasteiger partial charge < -0.3 is 0 Å². The van der Waals surface area contributed by atoms with Crippen LogP contribution in [0.4, 0.5) is 8.78 Å². The van der Waals surface area contributed by atoms with Crippen LogP contribution in [-0.4, -0.2) is 5.78 Å². The van der Waals surface area contributed by atoms with Crippen molar-refractivity contribution in [1.82, 2.24) is 0 Å². The second-order valence-corrected chi connectivity index (χ2v) is 2.18. The lowest BCUT2D eigenvalue weighted by molar-refractivity contribution is 0.101. The Labute approximate surface area is 76.4 Å². The monoisotopic (exact) mass is 186 g/mol. The fourth-order valence-electron chi connectivity index (χ4n) is 0.767. The third kappa shape index (κ3) is 3.32. The van der Waals surface area contributed by atoms with Crippen molar-refractivity contribution in [3.8, 4) is 0 Å². The van der Waals surface area contributed by atoms with Gasteiger partial charge in [0.2, 0.25) is 0 Å². The first kappa shape index (κ1) is 11.8. The fraction of sp³-hybridized carbons (Fsp3) is 0.300. The highest BCUT2D eigenvalue weighted by molar-refractivity contribution is 5.94. The number of rotatable bonds is 1. The van der Waals surface area contributed by atoms with Gasteiger partial charge in [-0.15, -0.1) is 0 Å². The van der Waals surface area contributed by atoms with Crippen LogP contribution in [0.5, 0.6) is 0 Å². The zero-order valence-electron chi connectivity index (χ0n) is 7.90. The second-order valence-electron chi connectivity index (χ2n) is 2.18. The molecule has 0 saturated heterocycles. The van der Waals surface area contributed by atoms with Crippen LogP contribution in [-0.2, 0) is 0 Å². The Bertz CT molecular complexity index is 295. The third-order valence-corrected chi connectivity index (χ3v) is 1.31. The summed E-state index contributed by atoms with van der Waals surface area (Å²) in [6, 6.07) is 2.80. The van der Waals surface area contributed by atoms with E-state index in [1.54, 1.807) is 0 Å². The molecule has 0 heterocycles. The first-order valence-corrected chi connectivity index (χ1v) is 4.07. The van der Waals surface area contributed by atoms with Crippen molar-refractivity contribution < 1.29 is 13.6 Å². The van der Waals surface area contributed by atoms with Crippen LogP contribution in [0.1, 0.15) is 31.1 Å². The summed E-state index contributed by atoms with van der Waals surface area (Å²) in [5.74, 6) is -1.75. The van der Waals surface area contributed by atoms with Crippen molar-refractivity contribution in [3.63, 3.8) is 0 Å². The number of halogens is 2. The SMILES string of the molecule is CC.CC(=O)c1cc(F)ccc1F. The largest absolute Gasteiger partial charge is 0.294 e. The molecule has 0 aliphatic heterocycles. The summed E-state index contributed by atoms with van der Waals surface area (Å²) in [6.07, 6.45) is 0. The molecule has 72 valence electrons. The minimum absolute atomic E-state index is 0.204. The molecule has 3 heteroatoms. The van der Waals surface area contributed by atoms with E-state index in [1.165, 1.54) is 6.92 Å². The van der Waals surface area contributed by atoms with E-state index in [0.29, 0.717) is 0 Å². The van der Waals surface area contributed by atoms with Gasteiger partial charge in [-0.05, 0) is 25.1 Å². The third-order valence-electron chi connectivity index (χ3n) is 1.31. The van der Waals surface area contributed by atoms with E-state index in [0.717, 1.165) is 18.2 Å². The molecule has 0 unspecified atom stereocenters. The predicted octanol–water partition coefficient (Wildman–Crippen LogP) is 3.19. The molecular weight excluding hydrogens is 174 g/mol. The normalized spacial score (nSPS) is 8.69. The van der Waals surface area contributed by atoms with Crippen LogP contribution in [0.15, 0.2) is 18.2 Å². The average Bonchev–Trinajstić information content (AvgIpc) is 2.12. The van der Waals surface area contributed by atoms with Gasteiger partial charge in [-0.1, -0.05) is 13.8 Å². The smallest absolute Gasteiger partial charge is 0.162 e. The zero-order chi connectivity index (χ0) is 10.4. The summed E-state index contributed by atoms with van der Waals surface area (Å²) >= 11 is 0. The quantitative estimate of drug-likeness (QED) is 0.615. The molecule has 13 heavy (non-hydrogen) atoms. The number of carbonyl (C=O) groups is 1. The summed E-state index contributed by atoms with van der Waals surface area (Å²) < 4.78 is 25.0. The molecule has 0 amide bonds. The van der Waals surface area contributed by atoms with Gasteiger partial charge in [0.15, 0.2) is 5.78 Å². The van der Waals surface area contributed by atoms with E-state index in [2.05, 4.69) is 0 Å². The fourth-order valence-corrected chi connectivity index (χ4v) is 0.767. The Morgan fingerprint density at radius 1 is 1.23 bits per heavy atom. The Hall–Kier alpha value is -1.25. The molecule has 0 aromatic heterocycles. The van der Waals surface area contributed by atoms with Crippen molar-refractivity contribution in [2.75, 3.05) is 0 Å². The molecule has 1 rings (SSSR count). The van der Waals surface area contributed by atoms with Crippen molar-refractivity contribution in [2.24, 2.45) is 0 Å². The molecule has 0 atom stereocenters. The molecule has 0 fully saturated rings. The number of hydrogen-bond acceptors (Lipinski definition) is 1. The average molecular weight is 186 g/mol. The van der Waals surface area contributed by atoms with Crippen LogP contribution < -0.4 is 0 Å². The molecule has 0 aliphatic carbocycles. The highest BCUT2D eigenvalue weighted by Gasteiger charge is 2.06. The first-order valence-electron chi connectivity index (χ1n) is 4.07. The van der Waals surface area contributed by atoms with Gasteiger partial charge in [0.1, 0.15) is 11.6 Å². The van der Waals surface area contributed by atoms with Crippen LogP contribution in [0, 0.1) is 11.6 Å². The van der Waals surface area contributed by atoms with E-state index in [9.17, 15) is 13.6 Å². The Balaban J connectivity index is 0.000000671. The lowest BCUT2D eigenvalue weighted by Crippen LogP contribution is -1.97. The Morgan fingerprint density at radius 2 is 1.77 bits per heavy atom. The molecule has 0 N–H and O–H groups in total. The van der Waals surface area contributed by atoms with Gasteiger partial charge in [0.25, 0.3) is 0 Å². The standard InChI is InChI=1S/C8H6F2O.C2H6/c1-5(11)7-4-6(9)2-3-8(7)10;1-2/h2-4H,1H3;1-2H3. The topological polar surface area (TPSA) is 17.1 Å². The molecule has 0 saturated carbocycles. The Kier molecular flexibility index (Phi) is 4.89. The van der Waals surface area contributed by atoms with Crippen LogP contribution in [0.25, 0.3) is 0 Å². The maximum Gasteiger partial charge on any atom is 0.162 e. The van der Waals surface area contributed by atoms with Crippen molar-refractivity contribution >= 4 is 5.78 Å². The first-order chi connectivity index (χ1) is 6.11.